The van der Waals surface area contributed by atoms with Gasteiger partial charge >= 0.3 is 0 Å². The number of halogens is 1. The maximum atomic E-state index is 5.41. The summed E-state index contributed by atoms with van der Waals surface area (Å²) in [7, 11) is 0. The van der Waals surface area contributed by atoms with Crippen LogP contribution in [0.1, 0.15) is 36.6 Å². The van der Waals surface area contributed by atoms with Crippen LogP contribution in [0.25, 0.3) is 5.69 Å². The first-order valence-electron chi connectivity index (χ1n) is 5.99. The number of benzene rings is 1. The first-order valence-corrected chi connectivity index (χ1v) is 7.19. The monoisotopic (exact) mass is 324 g/mol. The van der Waals surface area contributed by atoms with Gasteiger partial charge in [-0.1, -0.05) is 19.9 Å². The molecule has 4 heteroatoms. The van der Waals surface area contributed by atoms with Gasteiger partial charge in [-0.05, 0) is 65.1 Å². The summed E-state index contributed by atoms with van der Waals surface area (Å²) < 4.78 is 3.95. The zero-order chi connectivity index (χ0) is 13.4. The van der Waals surface area contributed by atoms with E-state index in [0.717, 1.165) is 14.9 Å². The third kappa shape index (κ3) is 2.31. The van der Waals surface area contributed by atoms with Crippen LogP contribution >= 0.6 is 28.1 Å². The van der Waals surface area contributed by atoms with Crippen LogP contribution in [0.2, 0.25) is 0 Å². The van der Waals surface area contributed by atoms with Gasteiger partial charge in [0.15, 0.2) is 4.77 Å². The highest BCUT2D eigenvalue weighted by Gasteiger charge is 2.14. The Kier molecular flexibility index (Phi) is 3.78. The van der Waals surface area contributed by atoms with Crippen molar-refractivity contribution in [2.75, 3.05) is 0 Å². The van der Waals surface area contributed by atoms with Crippen LogP contribution in [0.3, 0.4) is 0 Å². The molecule has 1 heterocycles. The summed E-state index contributed by atoms with van der Waals surface area (Å²) in [4.78, 5) is 3.14. The molecule has 0 fully saturated rings. The van der Waals surface area contributed by atoms with Crippen LogP contribution in [0, 0.1) is 18.6 Å². The molecule has 1 N–H and O–H groups in total. The smallest absolute Gasteiger partial charge is 0.182 e. The Labute approximate surface area is 121 Å². The first kappa shape index (κ1) is 13.6. The predicted molar refractivity (Wildman–Crippen MR) is 82.2 cm³/mol. The Balaban J connectivity index is 2.77. The summed E-state index contributed by atoms with van der Waals surface area (Å²) in [5, 5.41) is 0. The van der Waals surface area contributed by atoms with Gasteiger partial charge < -0.3 is 4.98 Å². The lowest BCUT2D eigenvalue weighted by molar-refractivity contribution is 0.780. The summed E-state index contributed by atoms with van der Waals surface area (Å²) in [6.45, 7) is 8.56. The maximum Gasteiger partial charge on any atom is 0.182 e. The number of aromatic nitrogens is 2. The van der Waals surface area contributed by atoms with Crippen LogP contribution in [0.15, 0.2) is 22.8 Å². The van der Waals surface area contributed by atoms with Crippen molar-refractivity contribution >= 4 is 28.1 Å². The summed E-state index contributed by atoms with van der Waals surface area (Å²) in [6, 6.07) is 4.31. The fraction of sp³-hybridized carbons (Fsp3) is 0.357. The second-order valence-electron chi connectivity index (χ2n) is 4.92. The van der Waals surface area contributed by atoms with E-state index in [1.807, 2.05) is 6.20 Å². The third-order valence-corrected chi connectivity index (χ3v) is 3.92. The zero-order valence-electron chi connectivity index (χ0n) is 11.0. The van der Waals surface area contributed by atoms with E-state index in [9.17, 15) is 0 Å². The van der Waals surface area contributed by atoms with Gasteiger partial charge in [0.2, 0.25) is 0 Å². The molecule has 18 heavy (non-hydrogen) atoms. The molecule has 1 aromatic carbocycles. The molecule has 0 amide bonds. The molecule has 2 nitrogen and oxygen atoms in total. The minimum atomic E-state index is 0.422. The maximum absolute atomic E-state index is 5.41. The van der Waals surface area contributed by atoms with Crippen molar-refractivity contribution < 1.29 is 0 Å². The van der Waals surface area contributed by atoms with Crippen LogP contribution in [-0.4, -0.2) is 9.55 Å². The summed E-state index contributed by atoms with van der Waals surface area (Å²) >= 11 is 9.07. The molecule has 0 aliphatic rings. The van der Waals surface area contributed by atoms with Crippen molar-refractivity contribution in [2.45, 2.75) is 33.6 Å². The molecular weight excluding hydrogens is 308 g/mol. The number of hydrogen-bond acceptors (Lipinski definition) is 1. The quantitative estimate of drug-likeness (QED) is 0.767. The highest BCUT2D eigenvalue weighted by atomic mass is 79.9. The Bertz CT molecular complexity index is 614. The molecule has 0 aliphatic carbocycles. The van der Waals surface area contributed by atoms with Crippen molar-refractivity contribution in [1.29, 1.82) is 0 Å². The fourth-order valence-corrected chi connectivity index (χ4v) is 3.34. The minimum Gasteiger partial charge on any atom is -0.337 e. The number of hydrogen-bond donors (Lipinski definition) is 1. The van der Waals surface area contributed by atoms with Gasteiger partial charge in [0.25, 0.3) is 0 Å². The van der Waals surface area contributed by atoms with Gasteiger partial charge in [-0.25, -0.2) is 0 Å². The van der Waals surface area contributed by atoms with Crippen molar-refractivity contribution in [3.05, 3.63) is 44.4 Å². The van der Waals surface area contributed by atoms with Crippen LogP contribution in [0.5, 0.6) is 0 Å². The predicted octanol–water partition coefficient (Wildman–Crippen LogP) is 5.04. The van der Waals surface area contributed by atoms with E-state index >= 15 is 0 Å². The molecule has 0 unspecified atom stereocenters. The van der Waals surface area contributed by atoms with Crippen molar-refractivity contribution in [3.8, 4) is 5.69 Å². The van der Waals surface area contributed by atoms with E-state index in [0.29, 0.717) is 5.92 Å². The zero-order valence-corrected chi connectivity index (χ0v) is 13.4. The van der Waals surface area contributed by atoms with Gasteiger partial charge in [-0.3, -0.25) is 4.57 Å². The molecule has 96 valence electrons. The van der Waals surface area contributed by atoms with Gasteiger partial charge in [-0.15, -0.1) is 0 Å². The summed E-state index contributed by atoms with van der Waals surface area (Å²) in [5.41, 5.74) is 4.80. The van der Waals surface area contributed by atoms with Crippen LogP contribution < -0.4 is 0 Å². The van der Waals surface area contributed by atoms with Crippen molar-refractivity contribution in [1.82, 2.24) is 9.55 Å². The minimum absolute atomic E-state index is 0.422. The van der Waals surface area contributed by atoms with Crippen molar-refractivity contribution in [3.63, 3.8) is 0 Å². The lowest BCUT2D eigenvalue weighted by Crippen LogP contribution is -2.05. The van der Waals surface area contributed by atoms with Crippen LogP contribution in [-0.2, 0) is 0 Å². The third-order valence-electron chi connectivity index (χ3n) is 3.02. The Morgan fingerprint density at radius 1 is 1.28 bits per heavy atom. The van der Waals surface area contributed by atoms with Gasteiger partial charge in [0.05, 0.1) is 5.69 Å². The first-order chi connectivity index (χ1) is 8.41. The summed E-state index contributed by atoms with van der Waals surface area (Å²) in [5.74, 6) is 0.422. The molecule has 1 aromatic heterocycles. The van der Waals surface area contributed by atoms with E-state index in [1.54, 1.807) is 0 Å². The van der Waals surface area contributed by atoms with E-state index in [4.69, 9.17) is 12.2 Å². The molecule has 0 aliphatic heterocycles. The molecule has 0 spiro atoms. The normalized spacial score (nSPS) is 11.2. The van der Waals surface area contributed by atoms with E-state index in [2.05, 4.69) is 65.3 Å². The number of imidazole rings is 1. The summed E-state index contributed by atoms with van der Waals surface area (Å²) in [6.07, 6.45) is 2.00. The van der Waals surface area contributed by atoms with Gasteiger partial charge in [-0.2, -0.15) is 0 Å². The largest absolute Gasteiger partial charge is 0.337 e. The highest BCUT2D eigenvalue weighted by Crippen LogP contribution is 2.29. The van der Waals surface area contributed by atoms with E-state index < -0.39 is 0 Å². The number of aryl methyl sites for hydroxylation is 2. The SMILES string of the molecule is Cc1cc(C)c(-n2c(C(C)C)c[nH]c2=S)c(Br)c1. The topological polar surface area (TPSA) is 20.7 Å². The highest BCUT2D eigenvalue weighted by molar-refractivity contribution is 9.10. The molecule has 0 radical (unpaired) electrons. The number of H-pyrrole nitrogens is 1. The number of nitrogens with one attached hydrogen (secondary N) is 1. The lowest BCUT2D eigenvalue weighted by Gasteiger charge is -2.16. The number of aromatic amines is 1. The molecular formula is C14H17BrN2S. The average molecular weight is 325 g/mol. The Morgan fingerprint density at radius 3 is 2.50 bits per heavy atom. The lowest BCUT2D eigenvalue weighted by atomic mass is 10.1. The molecule has 0 atom stereocenters. The van der Waals surface area contributed by atoms with E-state index in [1.165, 1.54) is 16.8 Å². The molecule has 2 rings (SSSR count). The molecule has 0 bridgehead atoms. The van der Waals surface area contributed by atoms with Crippen LogP contribution in [0.4, 0.5) is 0 Å². The fourth-order valence-electron chi connectivity index (χ4n) is 2.23. The Morgan fingerprint density at radius 2 is 1.94 bits per heavy atom. The second kappa shape index (κ2) is 5.02. The standard InChI is InChI=1S/C14H17BrN2S/c1-8(2)12-7-16-14(18)17(12)13-10(4)5-9(3)6-11(13)15/h5-8H,1-4H3,(H,16,18). The molecule has 0 saturated carbocycles. The Hall–Kier alpha value is -0.870. The molecule has 2 aromatic rings. The molecule has 0 saturated heterocycles. The van der Waals surface area contributed by atoms with Gasteiger partial charge in [0, 0.05) is 16.4 Å². The van der Waals surface area contributed by atoms with E-state index in [-0.39, 0.29) is 0 Å². The average Bonchev–Trinajstić information content (AvgIpc) is 2.59. The number of rotatable bonds is 2. The second-order valence-corrected chi connectivity index (χ2v) is 6.16. The number of nitrogens with zero attached hydrogens (tertiary/aromatic N) is 1. The van der Waals surface area contributed by atoms with Crippen molar-refractivity contribution in [2.24, 2.45) is 0 Å². The van der Waals surface area contributed by atoms with Gasteiger partial charge in [0.1, 0.15) is 0 Å².